The second-order valence-electron chi connectivity index (χ2n) is 6.65. The van der Waals surface area contributed by atoms with Gasteiger partial charge in [0.15, 0.2) is 0 Å². The summed E-state index contributed by atoms with van der Waals surface area (Å²) in [5, 5.41) is 3.71. The lowest BCUT2D eigenvalue weighted by Gasteiger charge is -2.27. The van der Waals surface area contributed by atoms with Crippen LogP contribution in [0.4, 0.5) is 0 Å². The fourth-order valence-corrected chi connectivity index (χ4v) is 2.57. The summed E-state index contributed by atoms with van der Waals surface area (Å²) < 4.78 is 0. The summed E-state index contributed by atoms with van der Waals surface area (Å²) in [4.78, 5) is 0. The maximum absolute atomic E-state index is 3.71. The molecular formula is C20H27N. The quantitative estimate of drug-likeness (QED) is 0.801. The van der Waals surface area contributed by atoms with E-state index in [1.54, 1.807) is 0 Å². The number of hydrogen-bond donors (Lipinski definition) is 1. The fourth-order valence-electron chi connectivity index (χ4n) is 2.57. The van der Waals surface area contributed by atoms with Crippen molar-refractivity contribution in [2.45, 2.75) is 52.6 Å². The molecule has 0 aliphatic heterocycles. The number of hydrogen-bond acceptors (Lipinski definition) is 1. The Labute approximate surface area is 129 Å². The number of aryl methyl sites for hydroxylation is 3. The zero-order chi connectivity index (χ0) is 15.3. The lowest BCUT2D eigenvalue weighted by atomic mass is 9.94. The Hall–Kier alpha value is -1.60. The van der Waals surface area contributed by atoms with Gasteiger partial charge in [-0.05, 0) is 57.2 Å². The fraction of sp³-hybridized carbons (Fsp3) is 0.400. The van der Waals surface area contributed by atoms with Crippen LogP contribution in [0.5, 0.6) is 0 Å². The van der Waals surface area contributed by atoms with Crippen molar-refractivity contribution >= 4 is 0 Å². The first-order chi connectivity index (χ1) is 9.96. The van der Waals surface area contributed by atoms with E-state index in [1.165, 1.54) is 22.3 Å². The second-order valence-corrected chi connectivity index (χ2v) is 6.65. The predicted molar refractivity (Wildman–Crippen MR) is 91.6 cm³/mol. The molecule has 0 amide bonds. The molecule has 112 valence electrons. The van der Waals surface area contributed by atoms with Gasteiger partial charge in [0.2, 0.25) is 0 Å². The molecule has 0 unspecified atom stereocenters. The smallest absolute Gasteiger partial charge is 0.0213 e. The summed E-state index contributed by atoms with van der Waals surface area (Å²) in [5.74, 6) is 0. The Morgan fingerprint density at radius 2 is 1.67 bits per heavy atom. The van der Waals surface area contributed by atoms with Crippen molar-refractivity contribution in [3.05, 3.63) is 70.8 Å². The predicted octanol–water partition coefficient (Wildman–Crippen LogP) is 4.80. The van der Waals surface area contributed by atoms with Crippen LogP contribution in [0.2, 0.25) is 0 Å². The summed E-state index contributed by atoms with van der Waals surface area (Å²) in [7, 11) is 0. The molecule has 0 fully saturated rings. The highest BCUT2D eigenvalue weighted by Gasteiger charge is 2.17. The van der Waals surface area contributed by atoms with Crippen molar-refractivity contribution in [1.82, 2.24) is 5.32 Å². The molecular weight excluding hydrogens is 254 g/mol. The maximum atomic E-state index is 3.71. The van der Waals surface area contributed by atoms with Crippen molar-refractivity contribution in [1.29, 1.82) is 0 Å². The van der Waals surface area contributed by atoms with Gasteiger partial charge in [0.25, 0.3) is 0 Å². The highest BCUT2D eigenvalue weighted by Crippen LogP contribution is 2.16. The van der Waals surface area contributed by atoms with Crippen LogP contribution in [0.1, 0.15) is 42.5 Å². The Morgan fingerprint density at radius 1 is 0.952 bits per heavy atom. The van der Waals surface area contributed by atoms with Crippen LogP contribution >= 0.6 is 0 Å². The minimum Gasteiger partial charge on any atom is -0.308 e. The van der Waals surface area contributed by atoms with Crippen LogP contribution < -0.4 is 5.32 Å². The van der Waals surface area contributed by atoms with Crippen LogP contribution in [0.15, 0.2) is 48.5 Å². The van der Waals surface area contributed by atoms with Crippen molar-refractivity contribution in [2.24, 2.45) is 0 Å². The zero-order valence-electron chi connectivity index (χ0n) is 13.7. The van der Waals surface area contributed by atoms with Gasteiger partial charge in [-0.15, -0.1) is 0 Å². The minimum absolute atomic E-state index is 0.146. The van der Waals surface area contributed by atoms with Crippen molar-refractivity contribution in [2.75, 3.05) is 0 Å². The molecule has 2 aromatic carbocycles. The Morgan fingerprint density at radius 3 is 2.33 bits per heavy atom. The Bertz CT molecular complexity index is 570. The molecule has 1 nitrogen and oxygen atoms in total. The van der Waals surface area contributed by atoms with Crippen molar-refractivity contribution in [3.63, 3.8) is 0 Å². The number of benzene rings is 2. The maximum Gasteiger partial charge on any atom is 0.0213 e. The number of rotatable bonds is 6. The average Bonchev–Trinajstić information content (AvgIpc) is 2.45. The summed E-state index contributed by atoms with van der Waals surface area (Å²) in [6.45, 7) is 9.86. The monoisotopic (exact) mass is 281 g/mol. The van der Waals surface area contributed by atoms with E-state index in [0.29, 0.717) is 0 Å². The SMILES string of the molecule is Cc1ccc(CNC(C)(C)CCc2ccccc2)c(C)c1. The van der Waals surface area contributed by atoms with Crippen LogP contribution in [-0.4, -0.2) is 5.54 Å². The third-order valence-corrected chi connectivity index (χ3v) is 4.14. The lowest BCUT2D eigenvalue weighted by Crippen LogP contribution is -2.39. The van der Waals surface area contributed by atoms with Crippen LogP contribution in [-0.2, 0) is 13.0 Å². The molecule has 0 saturated heterocycles. The van der Waals surface area contributed by atoms with E-state index in [0.717, 1.165) is 19.4 Å². The summed E-state index contributed by atoms with van der Waals surface area (Å²) in [6.07, 6.45) is 2.26. The molecule has 2 aromatic rings. The molecule has 0 aliphatic carbocycles. The topological polar surface area (TPSA) is 12.0 Å². The molecule has 0 heterocycles. The van der Waals surface area contributed by atoms with Gasteiger partial charge < -0.3 is 5.32 Å². The molecule has 0 radical (unpaired) electrons. The normalized spacial score (nSPS) is 11.6. The molecule has 0 atom stereocenters. The van der Waals surface area contributed by atoms with Crippen molar-refractivity contribution in [3.8, 4) is 0 Å². The van der Waals surface area contributed by atoms with Crippen LogP contribution in [0.3, 0.4) is 0 Å². The van der Waals surface area contributed by atoms with Gasteiger partial charge in [-0.2, -0.15) is 0 Å². The van der Waals surface area contributed by atoms with E-state index in [2.05, 4.69) is 81.5 Å². The third-order valence-electron chi connectivity index (χ3n) is 4.14. The van der Waals surface area contributed by atoms with Gasteiger partial charge in [-0.1, -0.05) is 54.1 Å². The number of nitrogens with one attached hydrogen (secondary N) is 1. The van der Waals surface area contributed by atoms with E-state index < -0.39 is 0 Å². The first-order valence-electron chi connectivity index (χ1n) is 7.81. The van der Waals surface area contributed by atoms with Crippen LogP contribution in [0, 0.1) is 13.8 Å². The molecule has 2 rings (SSSR count). The Balaban J connectivity index is 1.88. The zero-order valence-corrected chi connectivity index (χ0v) is 13.7. The van der Waals surface area contributed by atoms with E-state index in [1.807, 2.05) is 0 Å². The summed E-state index contributed by atoms with van der Waals surface area (Å²) in [5.41, 5.74) is 5.67. The first kappa shape index (κ1) is 15.8. The second kappa shape index (κ2) is 6.91. The third kappa shape index (κ3) is 5.02. The highest BCUT2D eigenvalue weighted by molar-refractivity contribution is 5.30. The van der Waals surface area contributed by atoms with Gasteiger partial charge in [0, 0.05) is 12.1 Å². The van der Waals surface area contributed by atoms with Crippen LogP contribution in [0.25, 0.3) is 0 Å². The van der Waals surface area contributed by atoms with Gasteiger partial charge in [-0.3, -0.25) is 0 Å². The molecule has 0 saturated carbocycles. The molecule has 0 spiro atoms. The molecule has 0 aliphatic rings. The highest BCUT2D eigenvalue weighted by atomic mass is 14.9. The van der Waals surface area contributed by atoms with Gasteiger partial charge in [0.1, 0.15) is 0 Å². The van der Waals surface area contributed by atoms with Gasteiger partial charge >= 0.3 is 0 Å². The molecule has 21 heavy (non-hydrogen) atoms. The van der Waals surface area contributed by atoms with E-state index >= 15 is 0 Å². The Kier molecular flexibility index (Phi) is 5.19. The first-order valence-corrected chi connectivity index (χ1v) is 7.81. The molecule has 0 bridgehead atoms. The standard InChI is InChI=1S/C20H27N/c1-16-10-11-19(17(2)14-16)15-21-20(3,4)13-12-18-8-6-5-7-9-18/h5-11,14,21H,12-13,15H2,1-4H3. The minimum atomic E-state index is 0.146. The summed E-state index contributed by atoms with van der Waals surface area (Å²) in [6, 6.07) is 17.4. The van der Waals surface area contributed by atoms with E-state index in [4.69, 9.17) is 0 Å². The molecule has 1 heteroatoms. The van der Waals surface area contributed by atoms with Gasteiger partial charge in [-0.25, -0.2) is 0 Å². The molecule has 1 N–H and O–H groups in total. The van der Waals surface area contributed by atoms with Gasteiger partial charge in [0.05, 0.1) is 0 Å². The van der Waals surface area contributed by atoms with E-state index in [9.17, 15) is 0 Å². The molecule has 0 aromatic heterocycles. The van der Waals surface area contributed by atoms with Crippen molar-refractivity contribution < 1.29 is 0 Å². The largest absolute Gasteiger partial charge is 0.308 e. The average molecular weight is 281 g/mol. The lowest BCUT2D eigenvalue weighted by molar-refractivity contribution is 0.360. The van der Waals surface area contributed by atoms with E-state index in [-0.39, 0.29) is 5.54 Å². The summed E-state index contributed by atoms with van der Waals surface area (Å²) >= 11 is 0.